The van der Waals surface area contributed by atoms with Crippen LogP contribution in [0.25, 0.3) is 5.76 Å². The lowest BCUT2D eigenvalue weighted by Crippen LogP contribution is -2.30. The van der Waals surface area contributed by atoms with Crippen molar-refractivity contribution < 1.29 is 14.6 Å². The fourth-order valence-electron chi connectivity index (χ4n) is 3.38. The average molecular weight is 372 g/mol. The number of hydrogen-bond acceptors (Lipinski definition) is 5. The van der Waals surface area contributed by atoms with Crippen molar-refractivity contribution in [3.05, 3.63) is 89.6 Å². The minimum atomic E-state index is -0.124. The van der Waals surface area contributed by atoms with Gasteiger partial charge in [0, 0.05) is 18.3 Å². The van der Waals surface area contributed by atoms with Crippen LogP contribution < -0.4 is 9.64 Å². The number of ketones is 1. The van der Waals surface area contributed by atoms with E-state index in [-0.39, 0.29) is 24.5 Å². The smallest absolute Gasteiger partial charge is 0.168 e. The van der Waals surface area contributed by atoms with Crippen LogP contribution in [0.1, 0.15) is 11.1 Å². The Bertz CT molecular complexity index is 1040. The number of para-hydroxylation sites is 1. The summed E-state index contributed by atoms with van der Waals surface area (Å²) in [6.45, 7) is 0.267. The summed E-state index contributed by atoms with van der Waals surface area (Å²) in [5, 5.41) is 10.8. The quantitative estimate of drug-likeness (QED) is 0.723. The van der Waals surface area contributed by atoms with E-state index in [1.807, 2.05) is 59.5 Å². The van der Waals surface area contributed by atoms with E-state index in [4.69, 9.17) is 4.74 Å². The van der Waals surface area contributed by atoms with E-state index >= 15 is 0 Å². The summed E-state index contributed by atoms with van der Waals surface area (Å²) in [6.07, 6.45) is 1.87. The number of nitrogens with zero attached hydrogens (tertiary/aromatic N) is 2. The summed E-state index contributed by atoms with van der Waals surface area (Å²) in [7, 11) is 1.60. The third kappa shape index (κ3) is 3.34. The Labute approximate surface area is 163 Å². The number of aliphatic hydroxyl groups is 1. The van der Waals surface area contributed by atoms with Gasteiger partial charge in [0.2, 0.25) is 0 Å². The van der Waals surface area contributed by atoms with Gasteiger partial charge in [-0.15, -0.1) is 0 Å². The van der Waals surface area contributed by atoms with Crippen LogP contribution in [-0.4, -0.2) is 29.5 Å². The van der Waals surface area contributed by atoms with Gasteiger partial charge in [0.05, 0.1) is 24.8 Å². The van der Waals surface area contributed by atoms with Gasteiger partial charge in [0.15, 0.2) is 5.78 Å². The molecule has 0 aliphatic carbocycles. The number of aromatic nitrogens is 1. The lowest BCUT2D eigenvalue weighted by atomic mass is 9.96. The monoisotopic (exact) mass is 372 g/mol. The molecule has 0 unspecified atom stereocenters. The predicted octanol–water partition coefficient (Wildman–Crippen LogP) is 4.32. The number of rotatable bonds is 5. The van der Waals surface area contributed by atoms with Crippen LogP contribution in [0.15, 0.2) is 78.5 Å². The number of carbonyl (C=O) groups excluding carboxylic acids is 1. The van der Waals surface area contributed by atoms with Crippen molar-refractivity contribution >= 4 is 23.0 Å². The number of methoxy groups -OCH3 is 1. The molecule has 1 N–H and O–H groups in total. The molecule has 140 valence electrons. The van der Waals surface area contributed by atoms with Gasteiger partial charge in [0.1, 0.15) is 17.3 Å². The zero-order valence-electron chi connectivity index (χ0n) is 15.5. The van der Waals surface area contributed by atoms with Gasteiger partial charge in [0.25, 0.3) is 0 Å². The van der Waals surface area contributed by atoms with Gasteiger partial charge in [-0.1, -0.05) is 30.3 Å². The van der Waals surface area contributed by atoms with Crippen molar-refractivity contribution in [3.8, 4) is 5.75 Å². The molecule has 0 bridgehead atoms. The van der Waals surface area contributed by atoms with Gasteiger partial charge < -0.3 is 14.7 Å². The second kappa shape index (κ2) is 7.56. The Morgan fingerprint density at radius 2 is 1.93 bits per heavy atom. The largest absolute Gasteiger partial charge is 0.507 e. The van der Waals surface area contributed by atoms with E-state index in [2.05, 4.69) is 4.98 Å². The molecule has 0 saturated carbocycles. The third-order valence-electron chi connectivity index (χ3n) is 4.80. The van der Waals surface area contributed by atoms with Crippen LogP contribution in [0, 0.1) is 0 Å². The Morgan fingerprint density at radius 3 is 2.71 bits per heavy atom. The number of ether oxygens (including phenoxy) is 1. The second-order valence-electron chi connectivity index (χ2n) is 6.57. The first-order valence-corrected chi connectivity index (χ1v) is 9.03. The molecule has 1 aliphatic rings. The first kappa shape index (κ1) is 17.8. The van der Waals surface area contributed by atoms with Crippen molar-refractivity contribution in [1.82, 2.24) is 4.98 Å². The normalized spacial score (nSPS) is 13.2. The van der Waals surface area contributed by atoms with Crippen LogP contribution in [0.3, 0.4) is 0 Å². The number of fused-ring (bicyclic) bond motifs is 1. The molecule has 2 heterocycles. The van der Waals surface area contributed by atoms with Crippen LogP contribution in [0.4, 0.5) is 11.5 Å². The summed E-state index contributed by atoms with van der Waals surface area (Å²) in [6, 6.07) is 20.7. The fourth-order valence-corrected chi connectivity index (χ4v) is 3.38. The number of Topliss-reactive ketones (excluding diaryl/α,β-unsaturated/α-hetero) is 1. The number of hydrogen-bond donors (Lipinski definition) is 1. The molecule has 5 heteroatoms. The summed E-state index contributed by atoms with van der Waals surface area (Å²) < 4.78 is 5.24. The molecule has 1 aliphatic heterocycles. The van der Waals surface area contributed by atoms with Crippen LogP contribution in [-0.2, 0) is 11.2 Å². The minimum absolute atomic E-state index is 0.00294. The molecule has 0 spiro atoms. The van der Waals surface area contributed by atoms with Gasteiger partial charge in [-0.2, -0.15) is 0 Å². The lowest BCUT2D eigenvalue weighted by molar-refractivity contribution is -0.115. The second-order valence-corrected chi connectivity index (χ2v) is 6.57. The molecule has 0 fully saturated rings. The highest BCUT2D eigenvalue weighted by Gasteiger charge is 2.29. The molecule has 0 amide bonds. The molecule has 3 aromatic rings. The molecular weight excluding hydrogens is 352 g/mol. The molecule has 0 saturated heterocycles. The number of aliphatic hydroxyl groups excluding tert-OH is 1. The first-order valence-electron chi connectivity index (χ1n) is 9.03. The van der Waals surface area contributed by atoms with E-state index in [0.29, 0.717) is 22.7 Å². The first-order chi connectivity index (χ1) is 13.7. The van der Waals surface area contributed by atoms with Crippen molar-refractivity contribution in [1.29, 1.82) is 0 Å². The molecular formula is C23H20N2O3. The van der Waals surface area contributed by atoms with E-state index in [1.54, 1.807) is 25.4 Å². The Morgan fingerprint density at radius 1 is 1.11 bits per heavy atom. The highest BCUT2D eigenvalue weighted by Crippen LogP contribution is 2.36. The maximum atomic E-state index is 13.1. The SMILES string of the molecule is COc1cccc(CC(=O)C2=C(O)c3cccnc3N(c3ccccc3)C2)c1. The molecule has 2 aromatic carbocycles. The molecule has 1 aromatic heterocycles. The zero-order valence-corrected chi connectivity index (χ0v) is 15.5. The maximum Gasteiger partial charge on any atom is 0.168 e. The Kier molecular flexibility index (Phi) is 4.81. The van der Waals surface area contributed by atoms with E-state index in [1.165, 1.54) is 0 Å². The predicted molar refractivity (Wildman–Crippen MR) is 109 cm³/mol. The number of anilines is 2. The highest BCUT2D eigenvalue weighted by atomic mass is 16.5. The standard InChI is InChI=1S/C23H20N2O3/c1-28-18-10-5-7-16(13-18)14-21(26)20-15-25(17-8-3-2-4-9-17)23-19(22(20)27)11-6-12-24-23/h2-13,27H,14-15H2,1H3. The van der Waals surface area contributed by atoms with Gasteiger partial charge in [-0.3, -0.25) is 4.79 Å². The molecule has 4 rings (SSSR count). The van der Waals surface area contributed by atoms with Crippen LogP contribution in [0.2, 0.25) is 0 Å². The topological polar surface area (TPSA) is 62.7 Å². The highest BCUT2D eigenvalue weighted by molar-refractivity contribution is 6.05. The number of carbonyl (C=O) groups is 1. The van der Waals surface area contributed by atoms with Crippen molar-refractivity contribution in [3.63, 3.8) is 0 Å². The Hall–Kier alpha value is -3.60. The van der Waals surface area contributed by atoms with Crippen LogP contribution in [0.5, 0.6) is 5.75 Å². The lowest BCUT2D eigenvalue weighted by Gasteiger charge is -2.31. The van der Waals surface area contributed by atoms with Gasteiger partial charge in [-0.25, -0.2) is 4.98 Å². The molecule has 28 heavy (non-hydrogen) atoms. The fraction of sp³-hybridized carbons (Fsp3) is 0.130. The molecule has 0 atom stereocenters. The van der Waals surface area contributed by atoms with Crippen molar-refractivity contribution in [2.24, 2.45) is 0 Å². The van der Waals surface area contributed by atoms with Gasteiger partial charge in [-0.05, 0) is 42.0 Å². The number of pyridine rings is 1. The third-order valence-corrected chi connectivity index (χ3v) is 4.80. The van der Waals surface area contributed by atoms with E-state index in [0.717, 1.165) is 11.3 Å². The summed E-state index contributed by atoms with van der Waals surface area (Å²) in [4.78, 5) is 19.4. The van der Waals surface area contributed by atoms with Crippen molar-refractivity contribution in [2.75, 3.05) is 18.6 Å². The summed E-state index contributed by atoms with van der Waals surface area (Å²) in [5.41, 5.74) is 2.70. The van der Waals surface area contributed by atoms with Crippen LogP contribution >= 0.6 is 0 Å². The summed E-state index contributed by atoms with van der Waals surface area (Å²) >= 11 is 0. The van der Waals surface area contributed by atoms with Gasteiger partial charge >= 0.3 is 0 Å². The van der Waals surface area contributed by atoms with E-state index in [9.17, 15) is 9.90 Å². The number of benzene rings is 2. The molecule has 0 radical (unpaired) electrons. The molecule has 5 nitrogen and oxygen atoms in total. The zero-order chi connectivity index (χ0) is 19.5. The Balaban J connectivity index is 1.71. The van der Waals surface area contributed by atoms with Crippen molar-refractivity contribution in [2.45, 2.75) is 6.42 Å². The van der Waals surface area contributed by atoms with E-state index < -0.39 is 0 Å². The summed E-state index contributed by atoms with van der Waals surface area (Å²) in [5.74, 6) is 1.22. The maximum absolute atomic E-state index is 13.1. The minimum Gasteiger partial charge on any atom is -0.507 e. The average Bonchev–Trinajstić information content (AvgIpc) is 2.75.